The minimum atomic E-state index is -2.01. The van der Waals surface area contributed by atoms with Gasteiger partial charge >= 0.3 is 0 Å². The average molecular weight is 419 g/mol. The van der Waals surface area contributed by atoms with Crippen LogP contribution in [0.3, 0.4) is 0 Å². The third-order valence-corrected chi connectivity index (χ3v) is 4.80. The molecule has 0 saturated carbocycles. The largest absolute Gasteiger partial charge is 0.454 e. The molecule has 0 fully saturated rings. The van der Waals surface area contributed by atoms with E-state index in [1.807, 2.05) is 0 Å². The van der Waals surface area contributed by atoms with E-state index in [4.69, 9.17) is 9.47 Å². The molecule has 1 amide bonds. The van der Waals surface area contributed by atoms with Gasteiger partial charge in [-0.15, -0.1) is 0 Å². The van der Waals surface area contributed by atoms with E-state index >= 15 is 0 Å². The molecule has 31 heavy (non-hydrogen) atoms. The van der Waals surface area contributed by atoms with Crippen LogP contribution in [0.1, 0.15) is 16.7 Å². The molecule has 2 N–H and O–H groups in total. The number of nitrogens with zero attached hydrogens (tertiary/aromatic N) is 2. The number of carbonyl (C=O) groups is 1. The van der Waals surface area contributed by atoms with Crippen LogP contribution in [0.15, 0.2) is 77.9 Å². The van der Waals surface area contributed by atoms with Crippen molar-refractivity contribution < 1.29 is 24.3 Å². The molecule has 0 spiro atoms. The molecule has 4 rings (SSSR count). The Balaban J connectivity index is 1.64. The summed E-state index contributed by atoms with van der Waals surface area (Å²) in [5.41, 5.74) is 0.823. The highest BCUT2D eigenvalue weighted by atomic mass is 16.7. The quantitative estimate of drug-likeness (QED) is 0.360. The van der Waals surface area contributed by atoms with E-state index in [0.29, 0.717) is 16.9 Å². The minimum absolute atomic E-state index is 0.0367. The summed E-state index contributed by atoms with van der Waals surface area (Å²) in [5.74, 6) is -0.219. The number of fused-ring (bicyclic) bond motifs is 1. The lowest BCUT2D eigenvalue weighted by atomic mass is 9.85. The molecular formula is C22H17N3O6. The average Bonchev–Trinajstić information content (AvgIpc) is 3.26. The van der Waals surface area contributed by atoms with Crippen LogP contribution in [-0.2, 0) is 10.4 Å². The van der Waals surface area contributed by atoms with Gasteiger partial charge in [-0.3, -0.25) is 14.9 Å². The van der Waals surface area contributed by atoms with Crippen molar-refractivity contribution in [3.8, 4) is 11.5 Å². The van der Waals surface area contributed by atoms with E-state index in [2.05, 4.69) is 10.5 Å². The zero-order valence-corrected chi connectivity index (χ0v) is 16.1. The Bertz CT molecular complexity index is 1110. The van der Waals surface area contributed by atoms with Gasteiger partial charge in [0, 0.05) is 0 Å². The summed E-state index contributed by atoms with van der Waals surface area (Å²) < 4.78 is 10.4. The SMILES string of the molecule is O=C(NN=Cc1cc2c(cc1[N+](=O)[O-])OCO2)C(O)(c1ccccc1)c1ccccc1. The second-order valence-corrected chi connectivity index (χ2v) is 6.66. The zero-order chi connectivity index (χ0) is 21.8. The Kier molecular flexibility index (Phi) is 5.33. The summed E-state index contributed by atoms with van der Waals surface area (Å²) in [6.45, 7) is -0.0367. The minimum Gasteiger partial charge on any atom is -0.454 e. The number of rotatable bonds is 6. The Morgan fingerprint density at radius 3 is 2.13 bits per heavy atom. The fourth-order valence-electron chi connectivity index (χ4n) is 3.24. The van der Waals surface area contributed by atoms with Crippen LogP contribution in [0, 0.1) is 10.1 Å². The van der Waals surface area contributed by atoms with Crippen molar-refractivity contribution in [2.75, 3.05) is 6.79 Å². The van der Waals surface area contributed by atoms with E-state index in [-0.39, 0.29) is 23.8 Å². The van der Waals surface area contributed by atoms with Crippen LogP contribution in [-0.4, -0.2) is 28.9 Å². The van der Waals surface area contributed by atoms with Crippen LogP contribution >= 0.6 is 0 Å². The highest BCUT2D eigenvalue weighted by molar-refractivity contribution is 5.92. The number of nitro benzene ring substituents is 1. The molecule has 9 nitrogen and oxygen atoms in total. The molecule has 9 heteroatoms. The van der Waals surface area contributed by atoms with Crippen molar-refractivity contribution in [2.45, 2.75) is 5.60 Å². The van der Waals surface area contributed by atoms with Gasteiger partial charge in [-0.2, -0.15) is 5.10 Å². The smallest absolute Gasteiger partial charge is 0.282 e. The first-order valence-corrected chi connectivity index (χ1v) is 9.25. The zero-order valence-electron chi connectivity index (χ0n) is 16.1. The molecule has 0 unspecified atom stereocenters. The standard InChI is InChI=1S/C22H17N3O6/c26-21(22(27,16-7-3-1-4-8-16)17-9-5-2-6-10-17)24-23-13-15-11-19-20(31-14-30-19)12-18(15)25(28)29/h1-13,27H,14H2,(H,24,26). The van der Waals surface area contributed by atoms with Crippen LogP contribution in [0.25, 0.3) is 0 Å². The fraction of sp³-hybridized carbons (Fsp3) is 0.0909. The van der Waals surface area contributed by atoms with Gasteiger partial charge in [0.25, 0.3) is 11.6 Å². The van der Waals surface area contributed by atoms with Gasteiger partial charge in [0.2, 0.25) is 6.79 Å². The van der Waals surface area contributed by atoms with Crippen molar-refractivity contribution in [3.05, 3.63) is 99.6 Å². The number of amides is 1. The van der Waals surface area contributed by atoms with Crippen LogP contribution in [0.4, 0.5) is 5.69 Å². The Labute approximate surface area is 176 Å². The van der Waals surface area contributed by atoms with E-state index in [1.54, 1.807) is 60.7 Å². The first-order chi connectivity index (χ1) is 15.0. The summed E-state index contributed by atoms with van der Waals surface area (Å²) in [6.07, 6.45) is 1.12. The fourth-order valence-corrected chi connectivity index (χ4v) is 3.24. The Morgan fingerprint density at radius 1 is 1.03 bits per heavy atom. The summed E-state index contributed by atoms with van der Waals surface area (Å²) in [5, 5.41) is 26.6. The number of ether oxygens (including phenoxy) is 2. The highest BCUT2D eigenvalue weighted by Crippen LogP contribution is 2.37. The number of aliphatic hydroxyl groups is 1. The van der Waals surface area contributed by atoms with Gasteiger partial charge in [-0.25, -0.2) is 5.43 Å². The lowest BCUT2D eigenvalue weighted by Gasteiger charge is -2.27. The molecule has 0 radical (unpaired) electrons. The summed E-state index contributed by atoms with van der Waals surface area (Å²) in [6, 6.07) is 19.5. The monoisotopic (exact) mass is 419 g/mol. The lowest BCUT2D eigenvalue weighted by molar-refractivity contribution is -0.385. The van der Waals surface area contributed by atoms with Crippen molar-refractivity contribution in [3.63, 3.8) is 0 Å². The third-order valence-electron chi connectivity index (χ3n) is 4.80. The first-order valence-electron chi connectivity index (χ1n) is 9.25. The molecule has 1 heterocycles. The molecule has 3 aromatic carbocycles. The summed E-state index contributed by atoms with van der Waals surface area (Å²) >= 11 is 0. The van der Waals surface area contributed by atoms with Gasteiger partial charge in [0.15, 0.2) is 17.1 Å². The molecule has 0 atom stereocenters. The number of hydrogen-bond donors (Lipinski definition) is 2. The predicted molar refractivity (Wildman–Crippen MR) is 111 cm³/mol. The second kappa shape index (κ2) is 8.25. The molecule has 1 aliphatic heterocycles. The topological polar surface area (TPSA) is 123 Å². The molecule has 0 aromatic heterocycles. The number of nitro groups is 1. The Hall–Kier alpha value is -4.24. The molecule has 0 saturated heterocycles. The first kappa shape index (κ1) is 20.0. The highest BCUT2D eigenvalue weighted by Gasteiger charge is 2.39. The van der Waals surface area contributed by atoms with Gasteiger partial charge in [-0.05, 0) is 17.2 Å². The van der Waals surface area contributed by atoms with Crippen molar-refractivity contribution >= 4 is 17.8 Å². The van der Waals surface area contributed by atoms with Crippen molar-refractivity contribution in [2.24, 2.45) is 5.10 Å². The maximum Gasteiger partial charge on any atom is 0.282 e. The van der Waals surface area contributed by atoms with Crippen LogP contribution in [0.2, 0.25) is 0 Å². The maximum absolute atomic E-state index is 13.0. The number of hydrogen-bond acceptors (Lipinski definition) is 7. The summed E-state index contributed by atoms with van der Waals surface area (Å²) in [7, 11) is 0. The van der Waals surface area contributed by atoms with Gasteiger partial charge in [0.1, 0.15) is 0 Å². The molecule has 3 aromatic rings. The van der Waals surface area contributed by atoms with Crippen molar-refractivity contribution in [1.82, 2.24) is 5.43 Å². The number of carbonyl (C=O) groups excluding carboxylic acids is 1. The third kappa shape index (κ3) is 3.81. The predicted octanol–water partition coefficient (Wildman–Crippen LogP) is 2.71. The molecule has 0 bridgehead atoms. The number of benzene rings is 3. The normalized spacial score (nSPS) is 12.7. The van der Waals surface area contributed by atoms with Crippen LogP contribution < -0.4 is 14.9 Å². The van der Waals surface area contributed by atoms with E-state index in [0.717, 1.165) is 6.21 Å². The molecule has 1 aliphatic rings. The lowest BCUT2D eigenvalue weighted by Crippen LogP contribution is -2.43. The van der Waals surface area contributed by atoms with Gasteiger partial charge in [-0.1, -0.05) is 60.7 Å². The molecule has 156 valence electrons. The number of hydrazone groups is 1. The van der Waals surface area contributed by atoms with Gasteiger partial charge < -0.3 is 14.6 Å². The Morgan fingerprint density at radius 2 is 1.58 bits per heavy atom. The molecular weight excluding hydrogens is 402 g/mol. The van der Waals surface area contributed by atoms with E-state index in [9.17, 15) is 20.0 Å². The maximum atomic E-state index is 13.0. The second-order valence-electron chi connectivity index (χ2n) is 6.66. The summed E-state index contributed by atoms with van der Waals surface area (Å²) in [4.78, 5) is 23.8. The van der Waals surface area contributed by atoms with E-state index < -0.39 is 16.4 Å². The van der Waals surface area contributed by atoms with Crippen LogP contribution in [0.5, 0.6) is 11.5 Å². The van der Waals surface area contributed by atoms with Gasteiger partial charge in [0.05, 0.1) is 22.8 Å². The van der Waals surface area contributed by atoms with E-state index in [1.165, 1.54) is 12.1 Å². The van der Waals surface area contributed by atoms with Crippen molar-refractivity contribution in [1.29, 1.82) is 0 Å². The number of nitrogens with one attached hydrogen (secondary N) is 1. The molecule has 0 aliphatic carbocycles.